The summed E-state index contributed by atoms with van der Waals surface area (Å²) >= 11 is 0. The third kappa shape index (κ3) is 5.39. The number of benzene rings is 1. The van der Waals surface area contributed by atoms with Crippen molar-refractivity contribution in [1.29, 1.82) is 0 Å². The Bertz CT molecular complexity index is 431. The second-order valence-electron chi connectivity index (χ2n) is 5.25. The zero-order chi connectivity index (χ0) is 13.7. The quantitative estimate of drug-likeness (QED) is 0.630. The minimum atomic E-state index is -0.272. The number of aryl methyl sites for hydroxylation is 1. The second kappa shape index (κ2) is 8.12. The van der Waals surface area contributed by atoms with Crippen LogP contribution in [0.4, 0.5) is 0 Å². The van der Waals surface area contributed by atoms with Gasteiger partial charge in [-0.25, -0.2) is 4.79 Å². The maximum atomic E-state index is 11.7. The second-order valence-corrected chi connectivity index (χ2v) is 5.25. The van der Waals surface area contributed by atoms with Crippen LogP contribution in [0.2, 0.25) is 0 Å². The molecule has 0 bridgehead atoms. The van der Waals surface area contributed by atoms with Gasteiger partial charge in [0.1, 0.15) is 11.9 Å². The van der Waals surface area contributed by atoms with Gasteiger partial charge in [0, 0.05) is 12.8 Å². The molecule has 1 heterocycles. The molecule has 1 saturated heterocycles. The van der Waals surface area contributed by atoms with E-state index in [2.05, 4.69) is 7.05 Å². The van der Waals surface area contributed by atoms with E-state index in [-0.39, 0.29) is 31.1 Å². The molecule has 0 atom stereocenters. The van der Waals surface area contributed by atoms with Gasteiger partial charge < -0.3 is 26.8 Å². The van der Waals surface area contributed by atoms with E-state index in [4.69, 9.17) is 9.47 Å². The van der Waals surface area contributed by atoms with Crippen molar-refractivity contribution in [2.75, 3.05) is 26.7 Å². The Morgan fingerprint density at radius 3 is 2.70 bits per heavy atom. The Morgan fingerprint density at radius 2 is 2.05 bits per heavy atom. The third-order valence-corrected chi connectivity index (χ3v) is 3.43. The highest BCUT2D eigenvalue weighted by atomic mass is 35.5. The average Bonchev–Trinajstić information content (AvgIpc) is 2.39. The molecule has 0 saturated carbocycles. The zero-order valence-electron chi connectivity index (χ0n) is 12.0. The first-order chi connectivity index (χ1) is 9.13. The average molecular weight is 300 g/mol. The van der Waals surface area contributed by atoms with Crippen molar-refractivity contribution in [2.24, 2.45) is 0 Å². The summed E-state index contributed by atoms with van der Waals surface area (Å²) in [5.74, 6) is 0.441. The van der Waals surface area contributed by atoms with E-state index >= 15 is 0 Å². The summed E-state index contributed by atoms with van der Waals surface area (Å²) < 4.78 is 10.8. The van der Waals surface area contributed by atoms with Crippen molar-refractivity contribution in [3.05, 3.63) is 29.8 Å². The molecule has 4 nitrogen and oxygen atoms in total. The van der Waals surface area contributed by atoms with Crippen molar-refractivity contribution < 1.29 is 31.6 Å². The fraction of sp³-hybridized carbons (Fsp3) is 0.533. The zero-order valence-corrected chi connectivity index (χ0v) is 12.8. The lowest BCUT2D eigenvalue weighted by Crippen LogP contribution is -3.10. The van der Waals surface area contributed by atoms with E-state index in [0.717, 1.165) is 31.5 Å². The summed E-state index contributed by atoms with van der Waals surface area (Å²) in [6.45, 7) is 4.11. The number of quaternary nitrogens is 1. The van der Waals surface area contributed by atoms with Crippen LogP contribution in [0.3, 0.4) is 0 Å². The molecule has 2 rings (SSSR count). The van der Waals surface area contributed by atoms with Crippen molar-refractivity contribution in [3.8, 4) is 5.75 Å². The van der Waals surface area contributed by atoms with Gasteiger partial charge in [-0.15, -0.1) is 0 Å². The molecule has 5 heteroatoms. The maximum absolute atomic E-state index is 11.7. The van der Waals surface area contributed by atoms with Crippen LogP contribution in [0, 0.1) is 6.92 Å². The Labute approximate surface area is 126 Å². The molecule has 1 N–H and O–H groups in total. The van der Waals surface area contributed by atoms with Gasteiger partial charge in [0.15, 0.2) is 6.61 Å². The highest BCUT2D eigenvalue weighted by Crippen LogP contribution is 2.12. The summed E-state index contributed by atoms with van der Waals surface area (Å²) in [7, 11) is 2.17. The van der Waals surface area contributed by atoms with E-state index in [1.807, 2.05) is 31.2 Å². The minimum absolute atomic E-state index is 0. The lowest BCUT2D eigenvalue weighted by atomic mass is 10.1. The Morgan fingerprint density at radius 1 is 1.35 bits per heavy atom. The summed E-state index contributed by atoms with van der Waals surface area (Å²) in [4.78, 5) is 13.2. The van der Waals surface area contributed by atoms with Gasteiger partial charge in [0.2, 0.25) is 0 Å². The van der Waals surface area contributed by atoms with E-state index in [1.54, 1.807) is 0 Å². The largest absolute Gasteiger partial charge is 1.00 e. The number of rotatable bonds is 4. The predicted molar refractivity (Wildman–Crippen MR) is 72.4 cm³/mol. The highest BCUT2D eigenvalue weighted by molar-refractivity contribution is 5.71. The van der Waals surface area contributed by atoms with E-state index in [1.165, 1.54) is 4.90 Å². The number of piperidine rings is 1. The molecule has 0 radical (unpaired) electrons. The first-order valence-electron chi connectivity index (χ1n) is 6.84. The van der Waals surface area contributed by atoms with Crippen LogP contribution in [0.1, 0.15) is 18.4 Å². The van der Waals surface area contributed by atoms with Crippen LogP contribution < -0.4 is 22.0 Å². The number of likely N-dealkylation sites (tertiary alicyclic amines) is 1. The van der Waals surface area contributed by atoms with Crippen LogP contribution in [-0.4, -0.2) is 38.8 Å². The molecule has 1 aromatic carbocycles. The summed E-state index contributed by atoms with van der Waals surface area (Å²) in [5.41, 5.74) is 1.11. The molecule has 0 spiro atoms. The predicted octanol–water partition coefficient (Wildman–Crippen LogP) is -2.40. The van der Waals surface area contributed by atoms with Gasteiger partial charge in [-0.3, -0.25) is 0 Å². The van der Waals surface area contributed by atoms with Crippen LogP contribution >= 0.6 is 0 Å². The normalized spacial score (nSPS) is 21.7. The molecule has 1 aliphatic heterocycles. The minimum Gasteiger partial charge on any atom is -1.00 e. The number of nitrogens with one attached hydrogen (secondary N) is 1. The summed E-state index contributed by atoms with van der Waals surface area (Å²) in [6, 6.07) is 7.66. The number of esters is 1. The summed E-state index contributed by atoms with van der Waals surface area (Å²) in [5, 5.41) is 0. The molecular weight excluding hydrogens is 278 g/mol. The van der Waals surface area contributed by atoms with Crippen LogP contribution in [0.15, 0.2) is 24.3 Å². The van der Waals surface area contributed by atoms with Crippen LogP contribution in [0.5, 0.6) is 5.75 Å². The fourth-order valence-electron chi connectivity index (χ4n) is 2.27. The molecule has 1 aliphatic rings. The van der Waals surface area contributed by atoms with Gasteiger partial charge in [-0.1, -0.05) is 12.1 Å². The van der Waals surface area contributed by atoms with Gasteiger partial charge in [0.05, 0.1) is 20.1 Å². The number of carbonyl (C=O) groups excluding carboxylic acids is 1. The lowest BCUT2D eigenvalue weighted by Gasteiger charge is -2.26. The van der Waals surface area contributed by atoms with Crippen LogP contribution in [0.25, 0.3) is 0 Å². The molecule has 0 aliphatic carbocycles. The van der Waals surface area contributed by atoms with Gasteiger partial charge in [0.25, 0.3) is 0 Å². The number of hydrogen-bond acceptors (Lipinski definition) is 3. The molecular formula is C15H22ClNO3. The smallest absolute Gasteiger partial charge is 0.344 e. The molecule has 112 valence electrons. The molecule has 0 amide bonds. The van der Waals surface area contributed by atoms with Crippen molar-refractivity contribution in [1.82, 2.24) is 0 Å². The van der Waals surface area contributed by atoms with Crippen molar-refractivity contribution >= 4 is 5.97 Å². The first-order valence-corrected chi connectivity index (χ1v) is 6.84. The molecule has 0 unspecified atom stereocenters. The molecule has 1 fully saturated rings. The Kier molecular flexibility index (Phi) is 6.82. The topological polar surface area (TPSA) is 40.0 Å². The van der Waals surface area contributed by atoms with Crippen molar-refractivity contribution in [2.45, 2.75) is 25.9 Å². The van der Waals surface area contributed by atoms with Gasteiger partial charge in [-0.05, 0) is 24.6 Å². The molecule has 0 aromatic heterocycles. The maximum Gasteiger partial charge on any atom is 0.344 e. The Hall–Kier alpha value is -1.26. The van der Waals surface area contributed by atoms with E-state index < -0.39 is 0 Å². The first kappa shape index (κ1) is 16.8. The fourth-order valence-corrected chi connectivity index (χ4v) is 2.27. The SMILES string of the molecule is Cc1cccc(OCC(=O)OC2CC[NH+](C)CC2)c1.[Cl-]. The van der Waals surface area contributed by atoms with Crippen LogP contribution in [-0.2, 0) is 9.53 Å². The number of hydrogen-bond donors (Lipinski definition) is 1. The van der Waals surface area contributed by atoms with Gasteiger partial charge >= 0.3 is 5.97 Å². The molecule has 1 aromatic rings. The van der Waals surface area contributed by atoms with E-state index in [9.17, 15) is 4.79 Å². The summed E-state index contributed by atoms with van der Waals surface area (Å²) in [6.07, 6.45) is 1.96. The highest BCUT2D eigenvalue weighted by Gasteiger charge is 2.22. The third-order valence-electron chi connectivity index (χ3n) is 3.43. The lowest BCUT2D eigenvalue weighted by molar-refractivity contribution is -0.885. The number of carbonyl (C=O) groups is 1. The number of halogens is 1. The van der Waals surface area contributed by atoms with Crippen molar-refractivity contribution in [3.63, 3.8) is 0 Å². The Balaban J connectivity index is 0.00000200. The van der Waals surface area contributed by atoms with E-state index in [0.29, 0.717) is 5.75 Å². The number of ether oxygens (including phenoxy) is 2. The standard InChI is InChI=1S/C15H21NO3.ClH/c1-12-4-3-5-14(10-12)18-11-15(17)19-13-6-8-16(2)9-7-13;/h3-5,10,13H,6-9,11H2,1-2H3;1H. The van der Waals surface area contributed by atoms with Gasteiger partial charge in [-0.2, -0.15) is 0 Å². The molecule has 20 heavy (non-hydrogen) atoms. The monoisotopic (exact) mass is 299 g/mol.